The molecular formula is C13H18N2O. The number of benzene rings is 1. The van der Waals surface area contributed by atoms with Crippen LogP contribution in [-0.2, 0) is 4.79 Å². The fraction of sp³-hybridized carbons (Fsp3) is 0.462. The summed E-state index contributed by atoms with van der Waals surface area (Å²) in [5.74, 6) is 0.0668. The van der Waals surface area contributed by atoms with Crippen LogP contribution in [0.5, 0.6) is 0 Å². The van der Waals surface area contributed by atoms with Gasteiger partial charge in [-0.2, -0.15) is 0 Å². The highest BCUT2D eigenvalue weighted by Gasteiger charge is 2.31. The second-order valence-electron chi connectivity index (χ2n) is 4.42. The first-order chi connectivity index (χ1) is 7.63. The number of hydrogen-bond donors (Lipinski definition) is 2. The van der Waals surface area contributed by atoms with Crippen LogP contribution in [0.3, 0.4) is 0 Å². The zero-order valence-electron chi connectivity index (χ0n) is 10.1. The van der Waals surface area contributed by atoms with Crippen LogP contribution >= 0.6 is 0 Å². The highest BCUT2D eigenvalue weighted by Crippen LogP contribution is 2.34. The standard InChI is InChI=1S/C13H18N2O/c1-4-5-14-12-11-9(3)6-8(2)7-10(11)15-13(12)16/h6-7,12,14H,4-5H2,1-3H3,(H,15,16). The number of fused-ring (bicyclic) bond motifs is 1. The number of nitrogens with one attached hydrogen (secondary N) is 2. The first-order valence-corrected chi connectivity index (χ1v) is 5.79. The maximum Gasteiger partial charge on any atom is 0.246 e. The molecule has 1 unspecified atom stereocenters. The van der Waals surface area contributed by atoms with Gasteiger partial charge in [0.25, 0.3) is 0 Å². The van der Waals surface area contributed by atoms with Crippen molar-refractivity contribution in [3.8, 4) is 0 Å². The summed E-state index contributed by atoms with van der Waals surface area (Å²) in [4.78, 5) is 11.8. The Labute approximate surface area is 96.2 Å². The number of amides is 1. The molecule has 1 aliphatic heterocycles. The van der Waals surface area contributed by atoms with E-state index in [4.69, 9.17) is 0 Å². The van der Waals surface area contributed by atoms with E-state index in [-0.39, 0.29) is 11.9 Å². The van der Waals surface area contributed by atoms with E-state index >= 15 is 0 Å². The van der Waals surface area contributed by atoms with E-state index in [0.717, 1.165) is 24.2 Å². The largest absolute Gasteiger partial charge is 0.324 e. The average Bonchev–Trinajstić information content (AvgIpc) is 2.51. The van der Waals surface area contributed by atoms with Crippen molar-refractivity contribution in [3.05, 3.63) is 28.8 Å². The molecule has 1 aromatic carbocycles. The van der Waals surface area contributed by atoms with Crippen molar-refractivity contribution in [1.82, 2.24) is 5.32 Å². The molecule has 0 aliphatic carbocycles. The summed E-state index contributed by atoms with van der Waals surface area (Å²) < 4.78 is 0. The Morgan fingerprint density at radius 3 is 2.81 bits per heavy atom. The first-order valence-electron chi connectivity index (χ1n) is 5.79. The second-order valence-corrected chi connectivity index (χ2v) is 4.42. The summed E-state index contributed by atoms with van der Waals surface area (Å²) in [6.45, 7) is 7.08. The van der Waals surface area contributed by atoms with Crippen LogP contribution in [0.4, 0.5) is 5.69 Å². The van der Waals surface area contributed by atoms with Gasteiger partial charge in [0.15, 0.2) is 0 Å². The molecule has 1 heterocycles. The van der Waals surface area contributed by atoms with E-state index in [1.807, 2.05) is 13.0 Å². The number of carbonyl (C=O) groups is 1. The Morgan fingerprint density at radius 1 is 1.38 bits per heavy atom. The summed E-state index contributed by atoms with van der Waals surface area (Å²) in [5.41, 5.74) is 4.45. The minimum atomic E-state index is -0.171. The zero-order valence-corrected chi connectivity index (χ0v) is 10.1. The predicted octanol–water partition coefficient (Wildman–Crippen LogP) is 2.30. The molecular weight excluding hydrogens is 200 g/mol. The second kappa shape index (κ2) is 4.26. The molecule has 1 aliphatic rings. The van der Waals surface area contributed by atoms with E-state index in [2.05, 4.69) is 30.5 Å². The van der Waals surface area contributed by atoms with Crippen molar-refractivity contribution in [1.29, 1.82) is 0 Å². The lowest BCUT2D eigenvalue weighted by Gasteiger charge is -2.13. The van der Waals surface area contributed by atoms with Crippen LogP contribution in [0, 0.1) is 13.8 Å². The molecule has 1 aromatic rings. The van der Waals surface area contributed by atoms with Gasteiger partial charge in [-0.1, -0.05) is 13.0 Å². The van der Waals surface area contributed by atoms with Crippen LogP contribution in [0.1, 0.15) is 36.1 Å². The van der Waals surface area contributed by atoms with Gasteiger partial charge in [0.2, 0.25) is 5.91 Å². The predicted molar refractivity (Wildman–Crippen MR) is 65.6 cm³/mol. The van der Waals surface area contributed by atoms with E-state index in [1.54, 1.807) is 0 Å². The van der Waals surface area contributed by atoms with Crippen molar-refractivity contribution in [2.45, 2.75) is 33.2 Å². The quantitative estimate of drug-likeness (QED) is 0.817. The van der Waals surface area contributed by atoms with Gasteiger partial charge in [-0.15, -0.1) is 0 Å². The molecule has 3 heteroatoms. The third-order valence-corrected chi connectivity index (χ3v) is 2.94. The Morgan fingerprint density at radius 2 is 2.12 bits per heavy atom. The topological polar surface area (TPSA) is 41.1 Å². The van der Waals surface area contributed by atoms with E-state index < -0.39 is 0 Å². The summed E-state index contributed by atoms with van der Waals surface area (Å²) in [5, 5.41) is 6.22. The smallest absolute Gasteiger partial charge is 0.246 e. The maximum atomic E-state index is 11.8. The Bertz CT molecular complexity index is 426. The number of anilines is 1. The molecule has 0 radical (unpaired) electrons. The Kier molecular flexibility index (Phi) is 2.97. The molecule has 16 heavy (non-hydrogen) atoms. The molecule has 0 aromatic heterocycles. The molecule has 86 valence electrons. The minimum absolute atomic E-state index is 0.0668. The van der Waals surface area contributed by atoms with Crippen LogP contribution in [0.15, 0.2) is 12.1 Å². The fourth-order valence-electron chi connectivity index (χ4n) is 2.28. The highest BCUT2D eigenvalue weighted by atomic mass is 16.2. The monoisotopic (exact) mass is 218 g/mol. The molecule has 2 rings (SSSR count). The van der Waals surface area contributed by atoms with Gasteiger partial charge >= 0.3 is 0 Å². The van der Waals surface area contributed by atoms with Gasteiger partial charge in [-0.05, 0) is 44.0 Å². The van der Waals surface area contributed by atoms with E-state index in [0.29, 0.717) is 0 Å². The molecule has 2 N–H and O–H groups in total. The normalized spacial score (nSPS) is 18.4. The molecule has 1 amide bonds. The van der Waals surface area contributed by atoms with Gasteiger partial charge in [0, 0.05) is 11.3 Å². The number of hydrogen-bond acceptors (Lipinski definition) is 2. The SMILES string of the molecule is CCCNC1C(=O)Nc2cc(C)cc(C)c21. The van der Waals surface area contributed by atoms with Crippen molar-refractivity contribution >= 4 is 11.6 Å². The number of rotatable bonds is 3. The summed E-state index contributed by atoms with van der Waals surface area (Å²) in [6.07, 6.45) is 1.03. The number of aryl methyl sites for hydroxylation is 2. The first kappa shape index (κ1) is 11.1. The van der Waals surface area contributed by atoms with Gasteiger partial charge in [-0.25, -0.2) is 0 Å². The Balaban J connectivity index is 2.36. The molecule has 0 saturated carbocycles. The molecule has 0 bridgehead atoms. The lowest BCUT2D eigenvalue weighted by Crippen LogP contribution is -2.28. The summed E-state index contributed by atoms with van der Waals surface area (Å²) >= 11 is 0. The van der Waals surface area contributed by atoms with Crippen LogP contribution in [0.25, 0.3) is 0 Å². The highest BCUT2D eigenvalue weighted by molar-refractivity contribution is 6.03. The van der Waals surface area contributed by atoms with Crippen molar-refractivity contribution in [2.24, 2.45) is 0 Å². The van der Waals surface area contributed by atoms with Gasteiger partial charge in [0.1, 0.15) is 6.04 Å². The zero-order chi connectivity index (χ0) is 11.7. The van der Waals surface area contributed by atoms with Crippen molar-refractivity contribution in [3.63, 3.8) is 0 Å². The van der Waals surface area contributed by atoms with Crippen LogP contribution in [-0.4, -0.2) is 12.5 Å². The van der Waals surface area contributed by atoms with Crippen LogP contribution < -0.4 is 10.6 Å². The van der Waals surface area contributed by atoms with Crippen molar-refractivity contribution < 1.29 is 4.79 Å². The van der Waals surface area contributed by atoms with Crippen molar-refractivity contribution in [2.75, 3.05) is 11.9 Å². The minimum Gasteiger partial charge on any atom is -0.324 e. The molecule has 0 saturated heterocycles. The van der Waals surface area contributed by atoms with Gasteiger partial charge in [0.05, 0.1) is 0 Å². The average molecular weight is 218 g/mol. The number of carbonyl (C=O) groups excluding carboxylic acids is 1. The van der Waals surface area contributed by atoms with E-state index in [1.165, 1.54) is 11.1 Å². The molecule has 1 atom stereocenters. The van der Waals surface area contributed by atoms with Gasteiger partial charge < -0.3 is 10.6 Å². The Hall–Kier alpha value is -1.35. The maximum absolute atomic E-state index is 11.8. The van der Waals surface area contributed by atoms with Gasteiger partial charge in [-0.3, -0.25) is 4.79 Å². The summed E-state index contributed by atoms with van der Waals surface area (Å²) in [7, 11) is 0. The third kappa shape index (κ3) is 1.83. The molecule has 0 spiro atoms. The molecule has 0 fully saturated rings. The summed E-state index contributed by atoms with van der Waals surface area (Å²) in [6, 6.07) is 3.99. The molecule has 3 nitrogen and oxygen atoms in total. The lowest BCUT2D eigenvalue weighted by atomic mass is 10.00. The van der Waals surface area contributed by atoms with E-state index in [9.17, 15) is 4.79 Å². The lowest BCUT2D eigenvalue weighted by molar-refractivity contribution is -0.117. The fourth-order valence-corrected chi connectivity index (χ4v) is 2.28. The third-order valence-electron chi connectivity index (χ3n) is 2.94. The van der Waals surface area contributed by atoms with Crippen LogP contribution in [0.2, 0.25) is 0 Å².